The highest BCUT2D eigenvalue weighted by atomic mass is 127. The van der Waals surface area contributed by atoms with E-state index in [1.165, 1.54) is 0 Å². The van der Waals surface area contributed by atoms with Gasteiger partial charge < -0.3 is 47.7 Å². The Morgan fingerprint density at radius 1 is 0.917 bits per heavy atom. The number of quaternary nitrogens is 1. The van der Waals surface area contributed by atoms with Gasteiger partial charge in [-0.15, -0.1) is 0 Å². The molecular weight excluding hydrogens is 573 g/mol. The van der Waals surface area contributed by atoms with E-state index in [4.69, 9.17) is 23.7 Å². The quantitative estimate of drug-likeness (QED) is 0.354. The molecule has 1 amide bonds. The second-order valence-electron chi connectivity index (χ2n) is 10.3. The van der Waals surface area contributed by atoms with E-state index in [1.807, 2.05) is 58.2 Å². The Labute approximate surface area is 232 Å². The van der Waals surface area contributed by atoms with Crippen LogP contribution >= 0.6 is 0 Å². The molecule has 36 heavy (non-hydrogen) atoms. The van der Waals surface area contributed by atoms with Crippen LogP contribution in [0.1, 0.15) is 50.8 Å². The summed E-state index contributed by atoms with van der Waals surface area (Å²) >= 11 is 0. The summed E-state index contributed by atoms with van der Waals surface area (Å²) in [6.45, 7) is 8.46. The minimum Gasteiger partial charge on any atom is -1.00 e. The smallest absolute Gasteiger partial charge is 0.517 e. The fourth-order valence-corrected chi connectivity index (χ4v) is 5.28. The van der Waals surface area contributed by atoms with Gasteiger partial charge in [-0.3, -0.25) is 0 Å². The van der Waals surface area contributed by atoms with Gasteiger partial charge >= 0.3 is 6.09 Å². The van der Waals surface area contributed by atoms with Gasteiger partial charge in [-0.2, -0.15) is 4.79 Å². The molecule has 2 atom stereocenters. The number of nitrogens with zero attached hydrogens (tertiary/aromatic N) is 1. The molecule has 1 aliphatic heterocycles. The van der Waals surface area contributed by atoms with E-state index in [-0.39, 0.29) is 34.6 Å². The van der Waals surface area contributed by atoms with Crippen molar-refractivity contribution in [2.24, 2.45) is 0 Å². The molecule has 2 unspecified atom stereocenters. The van der Waals surface area contributed by atoms with Crippen LogP contribution in [0.4, 0.5) is 4.79 Å². The molecule has 0 saturated heterocycles. The predicted molar refractivity (Wildman–Crippen MR) is 136 cm³/mol. The third kappa shape index (κ3) is 5.39. The minimum absolute atomic E-state index is 0. The van der Waals surface area contributed by atoms with Crippen LogP contribution in [-0.4, -0.2) is 58.2 Å². The Bertz CT molecular complexity index is 1080. The number of carbonyl (C=O) groups excluding carboxylic acids is 1. The maximum atomic E-state index is 13.9. The number of ether oxygens (including phenoxy) is 5. The van der Waals surface area contributed by atoms with Crippen LogP contribution in [0.15, 0.2) is 30.3 Å². The zero-order chi connectivity index (χ0) is 26.0. The monoisotopic (exact) mass is 613 g/mol. The first-order valence-electron chi connectivity index (χ1n) is 12.0. The summed E-state index contributed by atoms with van der Waals surface area (Å²) in [6.07, 6.45) is 1.79. The maximum Gasteiger partial charge on any atom is 0.517 e. The summed E-state index contributed by atoms with van der Waals surface area (Å²) in [5, 5.41) is 0. The number of hydrogen-bond acceptors (Lipinski definition) is 6. The van der Waals surface area contributed by atoms with Gasteiger partial charge in [0.15, 0.2) is 23.0 Å². The van der Waals surface area contributed by atoms with Crippen LogP contribution in [0.25, 0.3) is 0 Å². The number of halogens is 1. The normalized spacial score (nSPS) is 21.0. The largest absolute Gasteiger partial charge is 1.00 e. The molecule has 2 aromatic rings. The van der Waals surface area contributed by atoms with Gasteiger partial charge in [-0.1, -0.05) is 13.0 Å². The van der Waals surface area contributed by atoms with E-state index >= 15 is 0 Å². The van der Waals surface area contributed by atoms with Gasteiger partial charge in [-0.05, 0) is 56.2 Å². The average Bonchev–Trinajstić information content (AvgIpc) is 2.83. The molecule has 200 valence electrons. The number of fused-ring (bicyclic) bond motifs is 1. The standard InChI is InChI=1S/C28H40NO6.HI/c1-10-28(18-19-11-12-22(31-6)23(15-19)32-7)21-17-25(34-9)24(33-8)16-20(21)13-14-29(28,5)26(30)35-27(2,3)4;/h11-12,15-17H,10,13-14,18H2,1-9H3;1H/q+1;/p-1. The molecular formula is C28H40INO6. The number of rotatable bonds is 7. The fourth-order valence-electron chi connectivity index (χ4n) is 5.28. The zero-order valence-corrected chi connectivity index (χ0v) is 25.1. The van der Waals surface area contributed by atoms with E-state index in [0.717, 1.165) is 23.1 Å². The molecule has 1 aliphatic rings. The van der Waals surface area contributed by atoms with E-state index in [2.05, 4.69) is 6.92 Å². The molecule has 2 aromatic carbocycles. The zero-order valence-electron chi connectivity index (χ0n) is 23.0. The molecule has 0 fully saturated rings. The lowest BCUT2D eigenvalue weighted by molar-refractivity contribution is -0.904. The summed E-state index contributed by atoms with van der Waals surface area (Å²) in [4.78, 5) is 13.9. The molecule has 0 saturated carbocycles. The summed E-state index contributed by atoms with van der Waals surface area (Å²) in [5.74, 6) is 2.66. The van der Waals surface area contributed by atoms with Gasteiger partial charge in [0.1, 0.15) is 11.1 Å². The van der Waals surface area contributed by atoms with Crippen LogP contribution < -0.4 is 42.9 Å². The number of benzene rings is 2. The highest BCUT2D eigenvalue weighted by Gasteiger charge is 2.58. The van der Waals surface area contributed by atoms with Gasteiger partial charge in [-0.25, -0.2) is 4.48 Å². The number of hydrogen-bond donors (Lipinski definition) is 0. The maximum absolute atomic E-state index is 13.9. The third-order valence-electron chi connectivity index (χ3n) is 7.21. The Morgan fingerprint density at radius 2 is 1.47 bits per heavy atom. The highest BCUT2D eigenvalue weighted by molar-refractivity contribution is 5.63. The second kappa shape index (κ2) is 11.5. The van der Waals surface area contributed by atoms with Crippen molar-refractivity contribution in [3.8, 4) is 23.0 Å². The highest BCUT2D eigenvalue weighted by Crippen LogP contribution is 2.49. The van der Waals surface area contributed by atoms with Crippen molar-refractivity contribution in [3.05, 3.63) is 47.0 Å². The number of methoxy groups -OCH3 is 4. The van der Waals surface area contributed by atoms with Gasteiger partial charge in [0.2, 0.25) is 0 Å². The van der Waals surface area contributed by atoms with Crippen molar-refractivity contribution in [2.75, 3.05) is 42.0 Å². The number of carbonyl (C=O) groups is 1. The van der Waals surface area contributed by atoms with Gasteiger partial charge in [0.05, 0.1) is 42.0 Å². The summed E-state index contributed by atoms with van der Waals surface area (Å²) in [5.41, 5.74) is 2.07. The van der Waals surface area contributed by atoms with Crippen molar-refractivity contribution in [2.45, 2.75) is 58.1 Å². The first-order chi connectivity index (χ1) is 16.5. The molecule has 3 rings (SSSR count). The van der Waals surface area contributed by atoms with E-state index in [1.54, 1.807) is 28.4 Å². The van der Waals surface area contributed by atoms with Crippen LogP contribution in [0, 0.1) is 0 Å². The number of likely N-dealkylation sites (N-methyl/N-ethyl adjacent to an activating group) is 1. The van der Waals surface area contributed by atoms with Crippen LogP contribution in [0.5, 0.6) is 23.0 Å². The molecule has 1 heterocycles. The van der Waals surface area contributed by atoms with E-state index in [9.17, 15) is 4.79 Å². The SMILES string of the molecule is CCC1(Cc2ccc(OC)c(OC)c2)c2cc(OC)c(OC)cc2CC[N+]1(C)C(=O)OC(C)(C)C.[I-]. The van der Waals surface area contributed by atoms with Crippen LogP contribution in [0.2, 0.25) is 0 Å². The molecule has 0 radical (unpaired) electrons. The van der Waals surface area contributed by atoms with Crippen LogP contribution in [0.3, 0.4) is 0 Å². The van der Waals surface area contributed by atoms with Gasteiger partial charge in [0.25, 0.3) is 0 Å². The third-order valence-corrected chi connectivity index (χ3v) is 7.21. The summed E-state index contributed by atoms with van der Waals surface area (Å²) in [7, 11) is 8.53. The molecule has 0 N–H and O–H groups in total. The lowest BCUT2D eigenvalue weighted by atomic mass is 9.73. The van der Waals surface area contributed by atoms with Crippen molar-refractivity contribution in [1.82, 2.24) is 0 Å². The number of amides is 1. The lowest BCUT2D eigenvalue weighted by Crippen LogP contribution is -3.00. The Morgan fingerprint density at radius 3 is 2.00 bits per heavy atom. The van der Waals surface area contributed by atoms with Crippen molar-refractivity contribution >= 4 is 6.09 Å². The first-order valence-corrected chi connectivity index (χ1v) is 12.0. The predicted octanol–water partition coefficient (Wildman–Crippen LogP) is 2.51. The summed E-state index contributed by atoms with van der Waals surface area (Å²) in [6, 6.07) is 10.0. The molecule has 0 aromatic heterocycles. The first kappa shape index (κ1) is 30.0. The van der Waals surface area contributed by atoms with Crippen molar-refractivity contribution in [3.63, 3.8) is 0 Å². The Balaban J connectivity index is 0.00000456. The minimum atomic E-state index is -0.602. The molecule has 7 nitrogen and oxygen atoms in total. The van der Waals surface area contributed by atoms with E-state index < -0.39 is 11.1 Å². The fraction of sp³-hybridized carbons (Fsp3) is 0.536. The molecule has 8 heteroatoms. The van der Waals surface area contributed by atoms with E-state index in [0.29, 0.717) is 42.4 Å². The Hall–Kier alpha value is -2.20. The Kier molecular flexibility index (Phi) is 9.56. The topological polar surface area (TPSA) is 63.2 Å². The molecule has 0 aliphatic carbocycles. The van der Waals surface area contributed by atoms with Gasteiger partial charge in [0, 0.05) is 24.8 Å². The molecule has 0 spiro atoms. The lowest BCUT2D eigenvalue weighted by Gasteiger charge is -2.52. The van der Waals surface area contributed by atoms with Crippen molar-refractivity contribution < 1.29 is 56.9 Å². The van der Waals surface area contributed by atoms with Crippen molar-refractivity contribution in [1.29, 1.82) is 0 Å². The van der Waals surface area contributed by atoms with Crippen LogP contribution in [-0.2, 0) is 23.1 Å². The average molecular weight is 614 g/mol. The second-order valence-corrected chi connectivity index (χ2v) is 10.3. The summed E-state index contributed by atoms with van der Waals surface area (Å²) < 4.78 is 28.4. The molecule has 0 bridgehead atoms.